The summed E-state index contributed by atoms with van der Waals surface area (Å²) in [5, 5.41) is 11.1. The minimum atomic E-state index is -0.948. The Bertz CT molecular complexity index is 487. The van der Waals surface area contributed by atoms with E-state index in [-0.39, 0.29) is 19.1 Å². The molecule has 1 saturated heterocycles. The number of ether oxygens (including phenoxy) is 2. The molecule has 1 amide bonds. The zero-order chi connectivity index (χ0) is 13.7. The molecule has 0 aromatic heterocycles. The highest BCUT2D eigenvalue weighted by molar-refractivity contribution is 5.98. The highest BCUT2D eigenvalue weighted by Gasteiger charge is 2.38. The van der Waals surface area contributed by atoms with E-state index in [1.165, 1.54) is 0 Å². The molecule has 1 fully saturated rings. The Morgan fingerprint density at radius 1 is 1.53 bits per heavy atom. The predicted molar refractivity (Wildman–Crippen MR) is 68.5 cm³/mol. The van der Waals surface area contributed by atoms with E-state index in [0.29, 0.717) is 24.5 Å². The fraction of sp³-hybridized carbons (Fsp3) is 0.385. The normalized spacial score (nSPS) is 21.7. The first-order valence-corrected chi connectivity index (χ1v) is 5.92. The largest absolute Gasteiger partial charge is 0.479 e. The molecule has 2 rings (SSSR count). The third-order valence-electron chi connectivity index (χ3n) is 2.92. The first-order valence-electron chi connectivity index (χ1n) is 5.92. The molecule has 6 heteroatoms. The third kappa shape index (κ3) is 3.22. The monoisotopic (exact) mass is 261 g/mol. The van der Waals surface area contributed by atoms with Gasteiger partial charge in [0.1, 0.15) is 17.4 Å². The van der Waals surface area contributed by atoms with Gasteiger partial charge in [0.15, 0.2) is 6.61 Å². The van der Waals surface area contributed by atoms with Crippen molar-refractivity contribution in [3.63, 3.8) is 0 Å². The summed E-state index contributed by atoms with van der Waals surface area (Å²) >= 11 is 0. The molecule has 19 heavy (non-hydrogen) atoms. The minimum absolute atomic E-state index is 0.00500. The smallest absolute Gasteiger partial charge is 0.246 e. The van der Waals surface area contributed by atoms with Gasteiger partial charge in [0.05, 0.1) is 6.61 Å². The molecule has 0 bridgehead atoms. The molecular weight excluding hydrogens is 246 g/mol. The van der Waals surface area contributed by atoms with Crippen LogP contribution in [0.5, 0.6) is 5.75 Å². The van der Waals surface area contributed by atoms with Gasteiger partial charge in [-0.15, -0.1) is 0 Å². The van der Waals surface area contributed by atoms with E-state index < -0.39 is 5.54 Å². The van der Waals surface area contributed by atoms with Gasteiger partial charge in [0.2, 0.25) is 5.91 Å². The van der Waals surface area contributed by atoms with Crippen molar-refractivity contribution in [3.05, 3.63) is 24.3 Å². The van der Waals surface area contributed by atoms with Gasteiger partial charge >= 0.3 is 0 Å². The van der Waals surface area contributed by atoms with Crippen LogP contribution in [-0.4, -0.2) is 31.3 Å². The average molecular weight is 261 g/mol. The van der Waals surface area contributed by atoms with E-state index in [4.69, 9.17) is 20.5 Å². The van der Waals surface area contributed by atoms with Crippen molar-refractivity contribution in [2.45, 2.75) is 12.0 Å². The maximum absolute atomic E-state index is 12.0. The van der Waals surface area contributed by atoms with Crippen molar-refractivity contribution in [2.24, 2.45) is 5.73 Å². The second-order valence-corrected chi connectivity index (χ2v) is 4.38. The molecule has 0 spiro atoms. The molecule has 1 heterocycles. The van der Waals surface area contributed by atoms with Gasteiger partial charge in [-0.1, -0.05) is 0 Å². The number of nitrogens with zero attached hydrogens (tertiary/aromatic N) is 1. The van der Waals surface area contributed by atoms with Crippen LogP contribution in [0.1, 0.15) is 6.42 Å². The molecule has 1 atom stereocenters. The van der Waals surface area contributed by atoms with Crippen LogP contribution in [0.4, 0.5) is 5.69 Å². The average Bonchev–Trinajstić information content (AvgIpc) is 2.86. The van der Waals surface area contributed by atoms with Crippen LogP contribution in [0.2, 0.25) is 0 Å². The lowest BCUT2D eigenvalue weighted by molar-refractivity contribution is -0.121. The second-order valence-electron chi connectivity index (χ2n) is 4.38. The van der Waals surface area contributed by atoms with Crippen molar-refractivity contribution in [2.75, 3.05) is 25.1 Å². The lowest BCUT2D eigenvalue weighted by atomic mass is 9.99. The van der Waals surface area contributed by atoms with Crippen LogP contribution in [0.25, 0.3) is 0 Å². The first kappa shape index (κ1) is 13.3. The van der Waals surface area contributed by atoms with Crippen LogP contribution in [0, 0.1) is 11.3 Å². The highest BCUT2D eigenvalue weighted by Crippen LogP contribution is 2.20. The van der Waals surface area contributed by atoms with Crippen molar-refractivity contribution >= 4 is 11.6 Å². The summed E-state index contributed by atoms with van der Waals surface area (Å²) in [6, 6.07) is 8.64. The van der Waals surface area contributed by atoms with Gasteiger partial charge < -0.3 is 20.5 Å². The number of amides is 1. The number of nitriles is 1. The standard InChI is InChI=1S/C13H15N3O3/c14-6-8-19-11-3-1-10(2-4-11)16-12(17)13(15)5-7-18-9-13/h1-4H,5,7-9,15H2,(H,16,17). The molecule has 1 aromatic carbocycles. The van der Waals surface area contributed by atoms with E-state index in [1.807, 2.05) is 6.07 Å². The number of hydrogen-bond donors (Lipinski definition) is 2. The molecule has 0 radical (unpaired) electrons. The zero-order valence-corrected chi connectivity index (χ0v) is 10.4. The minimum Gasteiger partial charge on any atom is -0.479 e. The molecule has 1 aromatic rings. The maximum atomic E-state index is 12.0. The number of nitrogens with two attached hydrogens (primary N) is 1. The Morgan fingerprint density at radius 2 is 2.26 bits per heavy atom. The van der Waals surface area contributed by atoms with Gasteiger partial charge in [-0.2, -0.15) is 5.26 Å². The fourth-order valence-corrected chi connectivity index (χ4v) is 1.77. The van der Waals surface area contributed by atoms with Gasteiger partial charge in [0, 0.05) is 12.3 Å². The summed E-state index contributed by atoms with van der Waals surface area (Å²) in [6.45, 7) is 0.738. The number of nitrogens with one attached hydrogen (secondary N) is 1. The molecule has 0 saturated carbocycles. The highest BCUT2D eigenvalue weighted by atomic mass is 16.5. The molecule has 1 aliphatic heterocycles. The number of benzene rings is 1. The zero-order valence-electron chi connectivity index (χ0n) is 10.4. The summed E-state index contributed by atoms with van der Waals surface area (Å²) in [5.41, 5.74) is 5.63. The van der Waals surface area contributed by atoms with E-state index in [0.717, 1.165) is 0 Å². The molecule has 1 unspecified atom stereocenters. The topological polar surface area (TPSA) is 97.4 Å². The van der Waals surface area contributed by atoms with Crippen LogP contribution in [0.3, 0.4) is 0 Å². The predicted octanol–water partition coefficient (Wildman–Crippen LogP) is 0.645. The van der Waals surface area contributed by atoms with Gasteiger partial charge in [0.25, 0.3) is 0 Å². The first-order chi connectivity index (χ1) is 9.14. The second kappa shape index (κ2) is 5.69. The number of rotatable bonds is 4. The Kier molecular flexibility index (Phi) is 4.00. The van der Waals surface area contributed by atoms with Crippen LogP contribution >= 0.6 is 0 Å². The van der Waals surface area contributed by atoms with Gasteiger partial charge in [-0.3, -0.25) is 4.79 Å². The maximum Gasteiger partial charge on any atom is 0.246 e. The molecule has 100 valence electrons. The Hall–Kier alpha value is -2.10. The quantitative estimate of drug-likeness (QED) is 0.829. The van der Waals surface area contributed by atoms with Crippen LogP contribution in [-0.2, 0) is 9.53 Å². The number of hydrogen-bond acceptors (Lipinski definition) is 5. The lowest BCUT2D eigenvalue weighted by Crippen LogP contribution is -2.51. The number of carbonyl (C=O) groups is 1. The van der Waals surface area contributed by atoms with Crippen molar-refractivity contribution in [1.29, 1.82) is 5.26 Å². The molecule has 6 nitrogen and oxygen atoms in total. The lowest BCUT2D eigenvalue weighted by Gasteiger charge is -2.20. The SMILES string of the molecule is N#CCOc1ccc(NC(=O)C2(N)CCOC2)cc1. The number of anilines is 1. The molecule has 1 aliphatic rings. The van der Waals surface area contributed by atoms with E-state index in [1.54, 1.807) is 24.3 Å². The summed E-state index contributed by atoms with van der Waals surface area (Å²) in [4.78, 5) is 12.0. The Morgan fingerprint density at radius 3 is 2.84 bits per heavy atom. The summed E-state index contributed by atoms with van der Waals surface area (Å²) in [5.74, 6) is 0.321. The van der Waals surface area contributed by atoms with Crippen LogP contribution < -0.4 is 15.8 Å². The molecule has 3 N–H and O–H groups in total. The van der Waals surface area contributed by atoms with Crippen LogP contribution in [0.15, 0.2) is 24.3 Å². The van der Waals surface area contributed by atoms with Crippen molar-refractivity contribution < 1.29 is 14.3 Å². The number of carbonyl (C=O) groups excluding carboxylic acids is 1. The summed E-state index contributed by atoms with van der Waals surface area (Å²) < 4.78 is 10.3. The molecular formula is C13H15N3O3. The summed E-state index contributed by atoms with van der Waals surface area (Å²) in [6.07, 6.45) is 0.516. The third-order valence-corrected chi connectivity index (χ3v) is 2.92. The fourth-order valence-electron chi connectivity index (χ4n) is 1.77. The van der Waals surface area contributed by atoms with Crippen molar-refractivity contribution in [1.82, 2.24) is 0 Å². The Balaban J connectivity index is 1.96. The molecule has 0 aliphatic carbocycles. The van der Waals surface area contributed by atoms with Gasteiger partial charge in [-0.05, 0) is 30.7 Å². The van der Waals surface area contributed by atoms with Gasteiger partial charge in [-0.25, -0.2) is 0 Å². The Labute approximate surface area is 111 Å². The van der Waals surface area contributed by atoms with E-state index in [2.05, 4.69) is 5.32 Å². The summed E-state index contributed by atoms with van der Waals surface area (Å²) in [7, 11) is 0. The van der Waals surface area contributed by atoms with Crippen molar-refractivity contribution in [3.8, 4) is 11.8 Å². The van der Waals surface area contributed by atoms with E-state index in [9.17, 15) is 4.79 Å². The van der Waals surface area contributed by atoms with E-state index >= 15 is 0 Å².